The molecule has 0 bridgehead atoms. The maximum absolute atomic E-state index is 11.9. The van der Waals surface area contributed by atoms with Crippen LogP contribution in [-0.4, -0.2) is 29.9 Å². The second kappa shape index (κ2) is 5.35. The number of anilines is 1. The van der Waals surface area contributed by atoms with Crippen LogP contribution < -0.4 is 5.32 Å². The van der Waals surface area contributed by atoms with E-state index in [4.69, 9.17) is 5.26 Å². The topological polar surface area (TPSA) is 56.1 Å². The van der Waals surface area contributed by atoms with Crippen molar-refractivity contribution < 1.29 is 4.79 Å². The zero-order valence-corrected chi connectivity index (χ0v) is 9.60. The van der Waals surface area contributed by atoms with E-state index >= 15 is 0 Å². The summed E-state index contributed by atoms with van der Waals surface area (Å²) in [6.45, 7) is 0.954. The van der Waals surface area contributed by atoms with Crippen LogP contribution in [0.15, 0.2) is 30.3 Å². The molecule has 1 heterocycles. The van der Waals surface area contributed by atoms with Gasteiger partial charge in [-0.05, 0) is 25.0 Å². The number of nitrogens with zero attached hydrogens (tertiary/aromatic N) is 2. The number of benzene rings is 1. The number of rotatable bonds is 3. The van der Waals surface area contributed by atoms with Crippen LogP contribution >= 0.6 is 0 Å². The van der Waals surface area contributed by atoms with Crippen molar-refractivity contribution in [1.29, 1.82) is 5.26 Å². The lowest BCUT2D eigenvalue weighted by Gasteiger charge is -2.19. The minimum atomic E-state index is -0.236. The van der Waals surface area contributed by atoms with Gasteiger partial charge in [0, 0.05) is 12.2 Å². The van der Waals surface area contributed by atoms with Crippen LogP contribution in [0.4, 0.5) is 5.69 Å². The van der Waals surface area contributed by atoms with Crippen LogP contribution in [0.3, 0.4) is 0 Å². The number of para-hydroxylation sites is 1. The molecule has 17 heavy (non-hydrogen) atoms. The van der Waals surface area contributed by atoms with Crippen LogP contribution in [0.25, 0.3) is 0 Å². The number of hydrogen-bond acceptors (Lipinski definition) is 3. The number of carbonyl (C=O) groups excluding carboxylic acids is 1. The first-order valence-corrected chi connectivity index (χ1v) is 5.79. The van der Waals surface area contributed by atoms with Crippen molar-refractivity contribution in [3.8, 4) is 6.07 Å². The molecule has 1 saturated heterocycles. The molecule has 1 aliphatic heterocycles. The van der Waals surface area contributed by atoms with Gasteiger partial charge >= 0.3 is 0 Å². The van der Waals surface area contributed by atoms with E-state index in [0.29, 0.717) is 6.54 Å². The summed E-state index contributed by atoms with van der Waals surface area (Å²) < 4.78 is 0. The third-order valence-corrected chi connectivity index (χ3v) is 2.94. The lowest BCUT2D eigenvalue weighted by atomic mass is 10.2. The normalized spacial score (nSPS) is 18.8. The third-order valence-electron chi connectivity index (χ3n) is 2.94. The van der Waals surface area contributed by atoms with Crippen LogP contribution in [-0.2, 0) is 4.79 Å². The zero-order chi connectivity index (χ0) is 12.1. The standard InChI is InChI=1S/C13H15N3O/c14-9-12-7-4-8-16(12)13(17)10-15-11-5-2-1-3-6-11/h1-3,5-6,12,15H,4,7-8,10H2. The number of hydrogen-bond donors (Lipinski definition) is 1. The summed E-state index contributed by atoms with van der Waals surface area (Å²) in [6, 6.07) is 11.5. The Bertz CT molecular complexity index is 424. The summed E-state index contributed by atoms with van der Waals surface area (Å²) in [7, 11) is 0. The quantitative estimate of drug-likeness (QED) is 0.856. The van der Waals surface area contributed by atoms with Crippen LogP contribution in [0.5, 0.6) is 0 Å². The van der Waals surface area contributed by atoms with E-state index in [2.05, 4.69) is 11.4 Å². The van der Waals surface area contributed by atoms with Gasteiger partial charge in [-0.15, -0.1) is 0 Å². The van der Waals surface area contributed by atoms with Crippen LogP contribution in [0.1, 0.15) is 12.8 Å². The molecule has 0 aliphatic carbocycles. The highest BCUT2D eigenvalue weighted by Gasteiger charge is 2.27. The van der Waals surface area contributed by atoms with Crippen molar-refractivity contribution in [2.75, 3.05) is 18.4 Å². The Kier molecular flexibility index (Phi) is 3.61. The summed E-state index contributed by atoms with van der Waals surface area (Å²) in [5.74, 6) is -0.00194. The molecule has 2 rings (SSSR count). The van der Waals surface area contributed by atoms with Crippen LogP contribution in [0, 0.1) is 11.3 Å². The third kappa shape index (κ3) is 2.76. The second-order valence-electron chi connectivity index (χ2n) is 4.09. The van der Waals surface area contributed by atoms with E-state index < -0.39 is 0 Å². The Hall–Kier alpha value is -2.02. The predicted octanol–water partition coefficient (Wildman–Crippen LogP) is 1.61. The fraction of sp³-hybridized carbons (Fsp3) is 0.385. The molecule has 4 nitrogen and oxygen atoms in total. The van der Waals surface area contributed by atoms with E-state index in [-0.39, 0.29) is 18.5 Å². The summed E-state index contributed by atoms with van der Waals surface area (Å²) in [5.41, 5.74) is 0.925. The van der Waals surface area contributed by atoms with E-state index in [9.17, 15) is 4.79 Å². The molecule has 1 aromatic carbocycles. The molecule has 0 aromatic heterocycles. The zero-order valence-electron chi connectivity index (χ0n) is 9.60. The largest absolute Gasteiger partial charge is 0.376 e. The predicted molar refractivity (Wildman–Crippen MR) is 65.3 cm³/mol. The molecule has 1 unspecified atom stereocenters. The van der Waals surface area contributed by atoms with Gasteiger partial charge in [0.05, 0.1) is 12.6 Å². The number of likely N-dealkylation sites (tertiary alicyclic amines) is 1. The molecular formula is C13H15N3O. The maximum Gasteiger partial charge on any atom is 0.242 e. The van der Waals surface area contributed by atoms with Crippen molar-refractivity contribution in [1.82, 2.24) is 4.90 Å². The lowest BCUT2D eigenvalue weighted by molar-refractivity contribution is -0.129. The van der Waals surface area contributed by atoms with E-state index in [0.717, 1.165) is 18.5 Å². The number of carbonyl (C=O) groups is 1. The highest BCUT2D eigenvalue weighted by Crippen LogP contribution is 2.16. The number of amides is 1. The van der Waals surface area contributed by atoms with E-state index in [1.807, 2.05) is 30.3 Å². The molecule has 0 spiro atoms. The molecule has 88 valence electrons. The van der Waals surface area contributed by atoms with Crippen LogP contribution in [0.2, 0.25) is 0 Å². The average molecular weight is 229 g/mol. The van der Waals surface area contributed by atoms with Gasteiger partial charge < -0.3 is 10.2 Å². The highest BCUT2D eigenvalue weighted by atomic mass is 16.2. The SMILES string of the molecule is N#CC1CCCN1C(=O)CNc1ccccc1. The van der Waals surface area contributed by atoms with E-state index in [1.165, 1.54) is 0 Å². The smallest absolute Gasteiger partial charge is 0.242 e. The summed E-state index contributed by atoms with van der Waals surface area (Å²) in [5, 5.41) is 12.0. The first-order valence-electron chi connectivity index (χ1n) is 5.79. The summed E-state index contributed by atoms with van der Waals surface area (Å²) >= 11 is 0. The molecule has 1 fully saturated rings. The fourth-order valence-corrected chi connectivity index (χ4v) is 2.03. The molecule has 0 radical (unpaired) electrons. The van der Waals surface area contributed by atoms with Gasteiger partial charge in [0.15, 0.2) is 0 Å². The minimum absolute atomic E-state index is 0.00194. The summed E-state index contributed by atoms with van der Waals surface area (Å²) in [4.78, 5) is 13.6. The van der Waals surface area contributed by atoms with Gasteiger partial charge in [-0.3, -0.25) is 4.79 Å². The fourth-order valence-electron chi connectivity index (χ4n) is 2.03. The van der Waals surface area contributed by atoms with E-state index in [1.54, 1.807) is 4.90 Å². The van der Waals surface area contributed by atoms with Gasteiger partial charge in [0.1, 0.15) is 6.04 Å². The Balaban J connectivity index is 1.88. The first kappa shape index (κ1) is 11.5. The van der Waals surface area contributed by atoms with Crippen molar-refractivity contribution >= 4 is 11.6 Å². The number of nitriles is 1. The molecule has 0 saturated carbocycles. The molecular weight excluding hydrogens is 214 g/mol. The molecule has 1 amide bonds. The van der Waals surface area contributed by atoms with Gasteiger partial charge in [-0.1, -0.05) is 18.2 Å². The minimum Gasteiger partial charge on any atom is -0.376 e. The Labute approximate surface area is 101 Å². The Morgan fingerprint density at radius 2 is 2.24 bits per heavy atom. The van der Waals surface area contributed by atoms with Crippen molar-refractivity contribution in [2.45, 2.75) is 18.9 Å². The molecule has 4 heteroatoms. The Morgan fingerprint density at radius 3 is 2.94 bits per heavy atom. The maximum atomic E-state index is 11.9. The molecule has 1 aliphatic rings. The Morgan fingerprint density at radius 1 is 1.47 bits per heavy atom. The monoisotopic (exact) mass is 229 g/mol. The molecule has 1 atom stereocenters. The van der Waals surface area contributed by atoms with Crippen molar-refractivity contribution in [3.63, 3.8) is 0 Å². The second-order valence-corrected chi connectivity index (χ2v) is 4.09. The van der Waals surface area contributed by atoms with Gasteiger partial charge in [-0.2, -0.15) is 5.26 Å². The van der Waals surface area contributed by atoms with Crippen molar-refractivity contribution in [2.24, 2.45) is 0 Å². The van der Waals surface area contributed by atoms with Gasteiger partial charge in [-0.25, -0.2) is 0 Å². The van der Waals surface area contributed by atoms with Gasteiger partial charge in [0.2, 0.25) is 5.91 Å². The highest BCUT2D eigenvalue weighted by molar-refractivity contribution is 5.81. The summed E-state index contributed by atoms with van der Waals surface area (Å²) in [6.07, 6.45) is 1.73. The first-order chi connectivity index (χ1) is 8.31. The number of nitrogens with one attached hydrogen (secondary N) is 1. The van der Waals surface area contributed by atoms with Gasteiger partial charge in [0.25, 0.3) is 0 Å². The molecule has 1 aromatic rings. The lowest BCUT2D eigenvalue weighted by Crippen LogP contribution is -2.38. The van der Waals surface area contributed by atoms with Crippen molar-refractivity contribution in [3.05, 3.63) is 30.3 Å². The molecule has 1 N–H and O–H groups in total. The average Bonchev–Trinajstić information content (AvgIpc) is 2.85.